The molecule has 0 bridgehead atoms. The van der Waals surface area contributed by atoms with Crippen molar-refractivity contribution in [3.8, 4) is 0 Å². The molecule has 1 amide bonds. The molecule has 2 heteroatoms. The van der Waals surface area contributed by atoms with Gasteiger partial charge in [0.2, 0.25) is 6.41 Å². The minimum absolute atomic E-state index is 0.362. The molecular weight excluding hydrogens is 126 g/mol. The van der Waals surface area contributed by atoms with Gasteiger partial charge in [-0.2, -0.15) is 0 Å². The van der Waals surface area contributed by atoms with Crippen LogP contribution in [0, 0.1) is 11.3 Å². The van der Waals surface area contributed by atoms with Gasteiger partial charge in [-0.25, -0.2) is 0 Å². The van der Waals surface area contributed by atoms with Crippen molar-refractivity contribution in [2.24, 2.45) is 11.3 Å². The second-order valence-corrected chi connectivity index (χ2v) is 4.10. The molecule has 0 aromatic heterocycles. The van der Waals surface area contributed by atoms with E-state index in [0.29, 0.717) is 17.4 Å². The third-order valence-electron chi connectivity index (χ3n) is 2.18. The molecule has 0 heterocycles. The predicted octanol–water partition coefficient (Wildman–Crippen LogP) is 1.17. The zero-order chi connectivity index (χ0) is 7.78. The Balaban J connectivity index is 2.31. The van der Waals surface area contributed by atoms with E-state index in [-0.39, 0.29) is 0 Å². The number of nitrogens with one attached hydrogen (secondary N) is 1. The summed E-state index contributed by atoms with van der Waals surface area (Å²) in [5, 5.41) is 2.80. The SMILES string of the molecule is CC(C)(C)C1CC1NC=O. The maximum absolute atomic E-state index is 10.0. The van der Waals surface area contributed by atoms with E-state index in [1.54, 1.807) is 0 Å². The normalized spacial score (nSPS) is 31.5. The van der Waals surface area contributed by atoms with E-state index in [9.17, 15) is 4.79 Å². The molecule has 2 atom stereocenters. The predicted molar refractivity (Wildman–Crippen MR) is 40.5 cm³/mol. The van der Waals surface area contributed by atoms with Gasteiger partial charge in [0, 0.05) is 6.04 Å². The van der Waals surface area contributed by atoms with E-state index in [4.69, 9.17) is 0 Å². The first-order chi connectivity index (χ1) is 4.55. The summed E-state index contributed by atoms with van der Waals surface area (Å²) in [5.74, 6) is 0.692. The van der Waals surface area contributed by atoms with Gasteiger partial charge < -0.3 is 5.32 Å². The van der Waals surface area contributed by atoms with E-state index >= 15 is 0 Å². The number of amides is 1. The van der Waals surface area contributed by atoms with Crippen LogP contribution in [0.3, 0.4) is 0 Å². The van der Waals surface area contributed by atoms with Crippen molar-refractivity contribution in [1.82, 2.24) is 5.32 Å². The molecular formula is C8H15NO. The van der Waals surface area contributed by atoms with Gasteiger partial charge in [0.1, 0.15) is 0 Å². The molecule has 0 aromatic carbocycles. The van der Waals surface area contributed by atoms with Crippen molar-refractivity contribution in [3.05, 3.63) is 0 Å². The molecule has 0 radical (unpaired) electrons. The topological polar surface area (TPSA) is 29.1 Å². The number of carbonyl (C=O) groups is 1. The second-order valence-electron chi connectivity index (χ2n) is 4.10. The van der Waals surface area contributed by atoms with Crippen molar-refractivity contribution in [1.29, 1.82) is 0 Å². The Hall–Kier alpha value is -0.530. The molecule has 2 nitrogen and oxygen atoms in total. The van der Waals surface area contributed by atoms with Gasteiger partial charge in [0.25, 0.3) is 0 Å². The minimum atomic E-state index is 0.362. The summed E-state index contributed by atoms with van der Waals surface area (Å²) in [6.45, 7) is 6.64. The zero-order valence-electron chi connectivity index (χ0n) is 6.85. The molecule has 1 rings (SSSR count). The Morgan fingerprint density at radius 2 is 2.10 bits per heavy atom. The Morgan fingerprint density at radius 3 is 2.40 bits per heavy atom. The van der Waals surface area contributed by atoms with E-state index in [2.05, 4.69) is 26.1 Å². The Bertz CT molecular complexity index is 137. The molecule has 10 heavy (non-hydrogen) atoms. The first-order valence-corrected chi connectivity index (χ1v) is 3.75. The molecule has 0 spiro atoms. The summed E-state index contributed by atoms with van der Waals surface area (Å²) in [7, 11) is 0. The molecule has 2 unspecified atom stereocenters. The lowest BCUT2D eigenvalue weighted by Gasteiger charge is -2.17. The van der Waals surface area contributed by atoms with E-state index in [1.165, 1.54) is 0 Å². The first kappa shape index (κ1) is 7.58. The van der Waals surface area contributed by atoms with Crippen LogP contribution in [0.2, 0.25) is 0 Å². The van der Waals surface area contributed by atoms with Gasteiger partial charge in [-0.1, -0.05) is 20.8 Å². The number of hydrogen-bond donors (Lipinski definition) is 1. The van der Waals surface area contributed by atoms with E-state index < -0.39 is 0 Å². The average Bonchev–Trinajstić information content (AvgIpc) is 2.44. The van der Waals surface area contributed by atoms with Crippen molar-refractivity contribution in [3.63, 3.8) is 0 Å². The van der Waals surface area contributed by atoms with Crippen LogP contribution in [0.15, 0.2) is 0 Å². The highest BCUT2D eigenvalue weighted by molar-refractivity contribution is 5.47. The Labute approximate surface area is 62.0 Å². The van der Waals surface area contributed by atoms with E-state index in [0.717, 1.165) is 12.8 Å². The van der Waals surface area contributed by atoms with Crippen LogP contribution in [0.1, 0.15) is 27.2 Å². The van der Waals surface area contributed by atoms with Crippen molar-refractivity contribution >= 4 is 6.41 Å². The average molecular weight is 141 g/mol. The largest absolute Gasteiger partial charge is 0.356 e. The van der Waals surface area contributed by atoms with Crippen molar-refractivity contribution in [2.75, 3.05) is 0 Å². The van der Waals surface area contributed by atoms with Gasteiger partial charge in [0.15, 0.2) is 0 Å². The van der Waals surface area contributed by atoms with Gasteiger partial charge in [0.05, 0.1) is 0 Å². The van der Waals surface area contributed by atoms with Gasteiger partial charge in [-0.3, -0.25) is 4.79 Å². The number of hydrogen-bond acceptors (Lipinski definition) is 1. The molecule has 1 aliphatic carbocycles. The van der Waals surface area contributed by atoms with Gasteiger partial charge >= 0.3 is 0 Å². The maximum Gasteiger partial charge on any atom is 0.207 e. The minimum Gasteiger partial charge on any atom is -0.356 e. The smallest absolute Gasteiger partial charge is 0.207 e. The summed E-state index contributed by atoms with van der Waals surface area (Å²) in [6.07, 6.45) is 1.96. The highest BCUT2D eigenvalue weighted by atomic mass is 16.1. The number of carbonyl (C=O) groups excluding carboxylic acids is 1. The van der Waals surface area contributed by atoms with Crippen molar-refractivity contribution in [2.45, 2.75) is 33.2 Å². The fourth-order valence-corrected chi connectivity index (χ4v) is 1.42. The Morgan fingerprint density at radius 1 is 1.50 bits per heavy atom. The third kappa shape index (κ3) is 1.49. The van der Waals surface area contributed by atoms with Gasteiger partial charge in [-0.15, -0.1) is 0 Å². The first-order valence-electron chi connectivity index (χ1n) is 3.75. The lowest BCUT2D eigenvalue weighted by Crippen LogP contribution is -2.21. The third-order valence-corrected chi connectivity index (χ3v) is 2.18. The van der Waals surface area contributed by atoms with Crippen LogP contribution in [-0.4, -0.2) is 12.5 Å². The zero-order valence-corrected chi connectivity index (χ0v) is 6.85. The molecule has 1 saturated carbocycles. The van der Waals surface area contributed by atoms with Crippen LogP contribution in [-0.2, 0) is 4.79 Å². The molecule has 0 aliphatic heterocycles. The molecule has 0 saturated heterocycles. The lowest BCUT2D eigenvalue weighted by atomic mass is 9.90. The molecule has 58 valence electrons. The van der Waals surface area contributed by atoms with Gasteiger partial charge in [-0.05, 0) is 17.8 Å². The number of rotatable bonds is 2. The molecule has 1 aliphatic rings. The van der Waals surface area contributed by atoms with Crippen LogP contribution >= 0.6 is 0 Å². The monoisotopic (exact) mass is 141 g/mol. The van der Waals surface area contributed by atoms with Crippen LogP contribution < -0.4 is 5.32 Å². The summed E-state index contributed by atoms with van der Waals surface area (Å²) in [4.78, 5) is 10.0. The fraction of sp³-hybridized carbons (Fsp3) is 0.875. The standard InChI is InChI=1S/C8H15NO/c1-8(2,3)6-4-7(6)9-5-10/h5-7H,4H2,1-3H3,(H,9,10). The second kappa shape index (κ2) is 2.26. The summed E-state index contributed by atoms with van der Waals surface area (Å²) < 4.78 is 0. The summed E-state index contributed by atoms with van der Waals surface area (Å²) >= 11 is 0. The fourth-order valence-electron chi connectivity index (χ4n) is 1.42. The lowest BCUT2D eigenvalue weighted by molar-refractivity contribution is -0.109. The van der Waals surface area contributed by atoms with Crippen LogP contribution in [0.25, 0.3) is 0 Å². The highest BCUT2D eigenvalue weighted by Crippen LogP contribution is 2.44. The van der Waals surface area contributed by atoms with E-state index in [1.807, 2.05) is 0 Å². The molecule has 0 aromatic rings. The summed E-state index contributed by atoms with van der Waals surface area (Å²) in [5.41, 5.74) is 0.362. The molecule has 1 fully saturated rings. The quantitative estimate of drug-likeness (QED) is 0.574. The van der Waals surface area contributed by atoms with Crippen LogP contribution in [0.5, 0.6) is 0 Å². The summed E-state index contributed by atoms with van der Waals surface area (Å²) in [6, 6.07) is 0.456. The maximum atomic E-state index is 10.0. The molecule has 1 N–H and O–H groups in total. The highest BCUT2D eigenvalue weighted by Gasteiger charge is 2.44. The van der Waals surface area contributed by atoms with Crippen LogP contribution in [0.4, 0.5) is 0 Å². The van der Waals surface area contributed by atoms with Crippen molar-refractivity contribution < 1.29 is 4.79 Å². The Kier molecular flexibility index (Phi) is 1.71.